The predicted octanol–water partition coefficient (Wildman–Crippen LogP) is 2.26. The maximum atomic E-state index is 5.87. The van der Waals surface area contributed by atoms with E-state index in [2.05, 4.69) is 17.4 Å². The predicted molar refractivity (Wildman–Crippen MR) is 75.2 cm³/mol. The van der Waals surface area contributed by atoms with Crippen LogP contribution in [0.4, 0.5) is 0 Å². The van der Waals surface area contributed by atoms with Crippen LogP contribution >= 0.6 is 0 Å². The molecule has 108 valence electrons. The van der Waals surface area contributed by atoms with Crippen molar-refractivity contribution in [1.82, 2.24) is 5.32 Å². The van der Waals surface area contributed by atoms with Gasteiger partial charge in [-0.25, -0.2) is 0 Å². The summed E-state index contributed by atoms with van der Waals surface area (Å²) in [6.07, 6.45) is 5.50. The van der Waals surface area contributed by atoms with E-state index in [1.807, 2.05) is 6.07 Å². The number of hydrogen-bond acceptors (Lipinski definition) is 4. The van der Waals surface area contributed by atoms with Crippen LogP contribution in [0.3, 0.4) is 0 Å². The van der Waals surface area contributed by atoms with Gasteiger partial charge in [-0.05, 0) is 37.0 Å². The average molecular weight is 275 g/mol. The largest absolute Gasteiger partial charge is 0.490 e. The first-order valence-corrected chi connectivity index (χ1v) is 7.66. The Bertz CT molecular complexity index is 491. The van der Waals surface area contributed by atoms with Gasteiger partial charge < -0.3 is 19.5 Å². The molecule has 1 aromatic carbocycles. The van der Waals surface area contributed by atoms with Crippen molar-refractivity contribution < 1.29 is 14.2 Å². The Morgan fingerprint density at radius 2 is 2.00 bits per heavy atom. The van der Waals surface area contributed by atoms with Gasteiger partial charge in [-0.15, -0.1) is 0 Å². The van der Waals surface area contributed by atoms with E-state index in [0.717, 1.165) is 44.1 Å². The van der Waals surface area contributed by atoms with Crippen LogP contribution in [0.25, 0.3) is 0 Å². The van der Waals surface area contributed by atoms with Crippen molar-refractivity contribution in [2.45, 2.75) is 50.5 Å². The Hall–Kier alpha value is -1.26. The molecule has 0 amide bonds. The van der Waals surface area contributed by atoms with Crippen molar-refractivity contribution in [3.8, 4) is 11.5 Å². The lowest BCUT2D eigenvalue weighted by molar-refractivity contribution is 0.0973. The van der Waals surface area contributed by atoms with Gasteiger partial charge in [0, 0.05) is 19.0 Å². The lowest BCUT2D eigenvalue weighted by Gasteiger charge is -2.20. The lowest BCUT2D eigenvalue weighted by atomic mass is 9.95. The molecular formula is C16H21NO3. The molecule has 3 atom stereocenters. The summed E-state index contributed by atoms with van der Waals surface area (Å²) in [5.41, 5.74) is 1.25. The zero-order valence-corrected chi connectivity index (χ0v) is 11.6. The van der Waals surface area contributed by atoms with E-state index in [-0.39, 0.29) is 0 Å². The Morgan fingerprint density at radius 1 is 1.10 bits per heavy atom. The normalized spacial score (nSPS) is 31.3. The van der Waals surface area contributed by atoms with E-state index in [0.29, 0.717) is 18.2 Å². The van der Waals surface area contributed by atoms with Crippen LogP contribution in [-0.4, -0.2) is 31.5 Å². The quantitative estimate of drug-likeness (QED) is 0.918. The molecule has 4 rings (SSSR count). The van der Waals surface area contributed by atoms with Crippen molar-refractivity contribution in [2.24, 2.45) is 0 Å². The second-order valence-corrected chi connectivity index (χ2v) is 5.93. The fraction of sp³-hybridized carbons (Fsp3) is 0.625. The minimum absolute atomic E-state index is 0.431. The molecule has 0 radical (unpaired) electrons. The second-order valence-electron chi connectivity index (χ2n) is 5.93. The first-order chi connectivity index (χ1) is 9.88. The number of hydrogen-bond donors (Lipinski definition) is 1. The van der Waals surface area contributed by atoms with Crippen molar-refractivity contribution in [2.75, 3.05) is 13.2 Å². The minimum atomic E-state index is 0.431. The first kappa shape index (κ1) is 12.5. The molecule has 2 bridgehead atoms. The van der Waals surface area contributed by atoms with Gasteiger partial charge in [0.2, 0.25) is 0 Å². The first-order valence-electron chi connectivity index (χ1n) is 7.66. The molecule has 0 spiro atoms. The van der Waals surface area contributed by atoms with Crippen LogP contribution < -0.4 is 14.8 Å². The van der Waals surface area contributed by atoms with Crippen LogP contribution in [0.5, 0.6) is 11.5 Å². The van der Waals surface area contributed by atoms with E-state index in [1.165, 1.54) is 18.4 Å². The van der Waals surface area contributed by atoms with Gasteiger partial charge in [-0.2, -0.15) is 0 Å². The number of rotatable bonds is 3. The van der Waals surface area contributed by atoms with Gasteiger partial charge >= 0.3 is 0 Å². The third kappa shape index (κ3) is 2.38. The smallest absolute Gasteiger partial charge is 0.161 e. The molecule has 0 aliphatic carbocycles. The van der Waals surface area contributed by atoms with Crippen molar-refractivity contribution >= 4 is 0 Å². The molecule has 0 saturated carbocycles. The summed E-state index contributed by atoms with van der Waals surface area (Å²) in [7, 11) is 0. The zero-order valence-electron chi connectivity index (χ0n) is 11.6. The fourth-order valence-corrected chi connectivity index (χ4v) is 3.42. The maximum absolute atomic E-state index is 5.87. The SMILES string of the molecule is c1cc2c(cc1CNC1CC3CCC1O3)OCCCO2. The Balaban J connectivity index is 1.40. The van der Waals surface area contributed by atoms with Gasteiger partial charge in [-0.3, -0.25) is 0 Å². The molecule has 3 unspecified atom stereocenters. The summed E-state index contributed by atoms with van der Waals surface area (Å²) in [6.45, 7) is 2.35. The number of fused-ring (bicyclic) bond motifs is 3. The summed E-state index contributed by atoms with van der Waals surface area (Å²) in [5.74, 6) is 1.75. The van der Waals surface area contributed by atoms with Gasteiger partial charge in [0.25, 0.3) is 0 Å². The Kier molecular flexibility index (Phi) is 3.28. The van der Waals surface area contributed by atoms with E-state index in [9.17, 15) is 0 Å². The Labute approximate surface area is 119 Å². The highest BCUT2D eigenvalue weighted by atomic mass is 16.5. The molecule has 4 nitrogen and oxygen atoms in total. The van der Waals surface area contributed by atoms with Crippen LogP contribution in [0.2, 0.25) is 0 Å². The second kappa shape index (κ2) is 5.26. The maximum Gasteiger partial charge on any atom is 0.161 e. The molecule has 1 aromatic rings. The molecular weight excluding hydrogens is 254 g/mol. The summed E-state index contributed by atoms with van der Waals surface area (Å²) < 4.78 is 17.3. The molecule has 2 fully saturated rings. The van der Waals surface area contributed by atoms with Gasteiger partial charge in [-0.1, -0.05) is 6.07 Å². The van der Waals surface area contributed by atoms with Gasteiger partial charge in [0.15, 0.2) is 11.5 Å². The van der Waals surface area contributed by atoms with Crippen molar-refractivity contribution in [1.29, 1.82) is 0 Å². The third-order valence-electron chi connectivity index (χ3n) is 4.49. The molecule has 0 aromatic heterocycles. The van der Waals surface area contributed by atoms with Crippen LogP contribution in [0, 0.1) is 0 Å². The number of benzene rings is 1. The monoisotopic (exact) mass is 275 g/mol. The molecule has 3 aliphatic heterocycles. The molecule has 20 heavy (non-hydrogen) atoms. The highest BCUT2D eigenvalue weighted by Crippen LogP contribution is 2.35. The highest BCUT2D eigenvalue weighted by Gasteiger charge is 2.40. The van der Waals surface area contributed by atoms with E-state index in [1.54, 1.807) is 0 Å². The Morgan fingerprint density at radius 3 is 2.80 bits per heavy atom. The lowest BCUT2D eigenvalue weighted by Crippen LogP contribution is -2.36. The minimum Gasteiger partial charge on any atom is -0.490 e. The molecule has 3 heterocycles. The van der Waals surface area contributed by atoms with Crippen LogP contribution in [0.15, 0.2) is 18.2 Å². The van der Waals surface area contributed by atoms with Crippen molar-refractivity contribution in [3.63, 3.8) is 0 Å². The zero-order chi connectivity index (χ0) is 13.4. The topological polar surface area (TPSA) is 39.7 Å². The van der Waals surface area contributed by atoms with E-state index in [4.69, 9.17) is 14.2 Å². The number of ether oxygens (including phenoxy) is 3. The summed E-state index contributed by atoms with van der Waals surface area (Å²) in [4.78, 5) is 0. The van der Waals surface area contributed by atoms with E-state index >= 15 is 0 Å². The fourth-order valence-electron chi connectivity index (χ4n) is 3.42. The number of nitrogens with one attached hydrogen (secondary N) is 1. The highest BCUT2D eigenvalue weighted by molar-refractivity contribution is 5.43. The summed E-state index contributed by atoms with van der Waals surface area (Å²) >= 11 is 0. The average Bonchev–Trinajstić information content (AvgIpc) is 3.01. The van der Waals surface area contributed by atoms with Gasteiger partial charge in [0.1, 0.15) is 0 Å². The molecule has 1 N–H and O–H groups in total. The van der Waals surface area contributed by atoms with Crippen LogP contribution in [-0.2, 0) is 11.3 Å². The van der Waals surface area contributed by atoms with Crippen molar-refractivity contribution in [3.05, 3.63) is 23.8 Å². The van der Waals surface area contributed by atoms with E-state index < -0.39 is 0 Å². The molecule has 4 heteroatoms. The summed E-state index contributed by atoms with van der Waals surface area (Å²) in [6, 6.07) is 6.76. The molecule has 3 aliphatic rings. The third-order valence-corrected chi connectivity index (χ3v) is 4.49. The van der Waals surface area contributed by atoms with Crippen LogP contribution in [0.1, 0.15) is 31.2 Å². The standard InChI is InChI=1S/C16H21NO3/c1-6-18-15-4-2-11(8-16(15)19-7-1)10-17-13-9-12-3-5-14(13)20-12/h2,4,8,12-14,17H,1,3,5-7,9-10H2. The van der Waals surface area contributed by atoms with Gasteiger partial charge in [0.05, 0.1) is 25.4 Å². The molecule has 2 saturated heterocycles. The summed E-state index contributed by atoms with van der Waals surface area (Å²) in [5, 5.41) is 3.63.